The second-order valence-electron chi connectivity index (χ2n) is 6.34. The van der Waals surface area contributed by atoms with Gasteiger partial charge in [0, 0.05) is 29.1 Å². The van der Waals surface area contributed by atoms with Gasteiger partial charge in [0.2, 0.25) is 0 Å². The van der Waals surface area contributed by atoms with Crippen LogP contribution < -0.4 is 5.32 Å². The minimum Gasteiger partial charge on any atom is -0.305 e. The van der Waals surface area contributed by atoms with E-state index in [1.165, 1.54) is 21.0 Å². The second kappa shape index (κ2) is 6.06. The van der Waals surface area contributed by atoms with Gasteiger partial charge < -0.3 is 5.32 Å². The van der Waals surface area contributed by atoms with Gasteiger partial charge in [-0.2, -0.15) is 0 Å². The van der Waals surface area contributed by atoms with E-state index in [1.54, 1.807) is 0 Å². The van der Waals surface area contributed by atoms with Gasteiger partial charge in [-0.15, -0.1) is 11.3 Å². The van der Waals surface area contributed by atoms with Crippen LogP contribution in [0.3, 0.4) is 0 Å². The molecule has 1 aromatic carbocycles. The molecule has 0 saturated carbocycles. The Morgan fingerprint density at radius 1 is 1.25 bits per heavy atom. The molecule has 0 amide bonds. The molecule has 2 rings (SSSR count). The van der Waals surface area contributed by atoms with Gasteiger partial charge in [-0.05, 0) is 25.0 Å². The molecule has 0 saturated heterocycles. The van der Waals surface area contributed by atoms with Crippen LogP contribution in [0.25, 0.3) is 0 Å². The van der Waals surface area contributed by atoms with E-state index in [0.29, 0.717) is 6.04 Å². The molecule has 0 unspecified atom stereocenters. The average molecular weight is 288 g/mol. The zero-order valence-electron chi connectivity index (χ0n) is 13.0. The molecule has 0 fully saturated rings. The molecule has 0 radical (unpaired) electrons. The molecule has 2 aromatic rings. The molecule has 108 valence electrons. The first-order valence-corrected chi connectivity index (χ1v) is 7.93. The molecule has 0 aliphatic rings. The highest BCUT2D eigenvalue weighted by molar-refractivity contribution is 7.11. The SMILES string of the molecule is Cc1ccccc1[C@@H](C)NCc1cnc(C(C)(C)C)s1. The van der Waals surface area contributed by atoms with Gasteiger partial charge in [-0.25, -0.2) is 4.98 Å². The summed E-state index contributed by atoms with van der Waals surface area (Å²) in [5.74, 6) is 0. The standard InChI is InChI=1S/C17H24N2S/c1-12-8-6-7-9-15(12)13(2)18-10-14-11-19-16(20-14)17(3,4)5/h6-9,11,13,18H,10H2,1-5H3/t13-/m1/s1. The highest BCUT2D eigenvalue weighted by Gasteiger charge is 2.18. The van der Waals surface area contributed by atoms with Crippen molar-refractivity contribution in [3.05, 3.63) is 51.5 Å². The van der Waals surface area contributed by atoms with Crippen molar-refractivity contribution in [3.8, 4) is 0 Å². The number of hydrogen-bond acceptors (Lipinski definition) is 3. The van der Waals surface area contributed by atoms with Gasteiger partial charge in [-0.1, -0.05) is 45.0 Å². The lowest BCUT2D eigenvalue weighted by molar-refractivity contribution is 0.575. The van der Waals surface area contributed by atoms with Crippen molar-refractivity contribution < 1.29 is 0 Å². The normalized spacial score (nSPS) is 13.4. The van der Waals surface area contributed by atoms with Crippen molar-refractivity contribution >= 4 is 11.3 Å². The van der Waals surface area contributed by atoms with Gasteiger partial charge in [0.25, 0.3) is 0 Å². The van der Waals surface area contributed by atoms with Gasteiger partial charge in [0.1, 0.15) is 0 Å². The first-order valence-electron chi connectivity index (χ1n) is 7.12. The number of nitrogens with zero attached hydrogens (tertiary/aromatic N) is 1. The first-order chi connectivity index (χ1) is 9.38. The molecule has 0 aliphatic carbocycles. The van der Waals surface area contributed by atoms with Crippen LogP contribution in [0.15, 0.2) is 30.5 Å². The van der Waals surface area contributed by atoms with Crippen LogP contribution in [0.4, 0.5) is 0 Å². The van der Waals surface area contributed by atoms with Gasteiger partial charge in [0.15, 0.2) is 0 Å². The Balaban J connectivity index is 1.99. The fraction of sp³-hybridized carbons (Fsp3) is 0.471. The summed E-state index contributed by atoms with van der Waals surface area (Å²) in [6, 6.07) is 8.91. The second-order valence-corrected chi connectivity index (χ2v) is 7.46. The van der Waals surface area contributed by atoms with Crippen molar-refractivity contribution in [2.24, 2.45) is 0 Å². The molecule has 0 aliphatic heterocycles. The third kappa shape index (κ3) is 3.68. The van der Waals surface area contributed by atoms with E-state index in [-0.39, 0.29) is 5.41 Å². The van der Waals surface area contributed by atoms with E-state index in [1.807, 2.05) is 17.5 Å². The lowest BCUT2D eigenvalue weighted by Crippen LogP contribution is -2.18. The topological polar surface area (TPSA) is 24.9 Å². The Labute approximate surface area is 126 Å². The van der Waals surface area contributed by atoms with Crippen LogP contribution in [0.2, 0.25) is 0 Å². The van der Waals surface area contributed by atoms with E-state index >= 15 is 0 Å². The zero-order chi connectivity index (χ0) is 14.8. The Morgan fingerprint density at radius 3 is 2.55 bits per heavy atom. The molecule has 3 heteroatoms. The van der Waals surface area contributed by atoms with E-state index in [2.05, 4.69) is 69.2 Å². The zero-order valence-corrected chi connectivity index (χ0v) is 13.8. The first kappa shape index (κ1) is 15.2. The molecule has 20 heavy (non-hydrogen) atoms. The van der Waals surface area contributed by atoms with Crippen LogP contribution in [-0.4, -0.2) is 4.98 Å². The molecular weight excluding hydrogens is 264 g/mol. The van der Waals surface area contributed by atoms with Crippen molar-refractivity contribution in [2.75, 3.05) is 0 Å². The van der Waals surface area contributed by atoms with Gasteiger partial charge >= 0.3 is 0 Å². The number of hydrogen-bond donors (Lipinski definition) is 1. The largest absolute Gasteiger partial charge is 0.305 e. The molecule has 1 heterocycles. The van der Waals surface area contributed by atoms with Gasteiger partial charge in [-0.3, -0.25) is 0 Å². The number of nitrogens with one attached hydrogen (secondary N) is 1. The molecule has 0 bridgehead atoms. The fourth-order valence-electron chi connectivity index (χ4n) is 2.17. The smallest absolute Gasteiger partial charge is 0.0981 e. The minimum atomic E-state index is 0.143. The molecule has 0 spiro atoms. The maximum atomic E-state index is 4.53. The number of benzene rings is 1. The van der Waals surface area contributed by atoms with Crippen molar-refractivity contribution in [1.29, 1.82) is 0 Å². The van der Waals surface area contributed by atoms with Gasteiger partial charge in [0.05, 0.1) is 5.01 Å². The predicted molar refractivity (Wildman–Crippen MR) is 87.2 cm³/mol. The average Bonchev–Trinajstić information content (AvgIpc) is 2.85. The summed E-state index contributed by atoms with van der Waals surface area (Å²) in [4.78, 5) is 5.84. The predicted octanol–water partition coefficient (Wildman–Crippen LogP) is 4.60. The molecule has 1 N–H and O–H groups in total. The van der Waals surface area contributed by atoms with Crippen LogP contribution in [0.5, 0.6) is 0 Å². The van der Waals surface area contributed by atoms with Crippen LogP contribution in [-0.2, 0) is 12.0 Å². The van der Waals surface area contributed by atoms with Crippen LogP contribution in [0.1, 0.15) is 54.7 Å². The third-order valence-corrected chi connectivity index (χ3v) is 4.86. The summed E-state index contributed by atoms with van der Waals surface area (Å²) in [6.45, 7) is 11.9. The molecule has 1 aromatic heterocycles. The lowest BCUT2D eigenvalue weighted by atomic mass is 9.98. The Hall–Kier alpha value is -1.19. The summed E-state index contributed by atoms with van der Waals surface area (Å²) in [5.41, 5.74) is 2.85. The monoisotopic (exact) mass is 288 g/mol. The quantitative estimate of drug-likeness (QED) is 0.889. The summed E-state index contributed by atoms with van der Waals surface area (Å²) in [6.07, 6.45) is 2.00. The number of aromatic nitrogens is 1. The number of rotatable bonds is 4. The van der Waals surface area contributed by atoms with E-state index < -0.39 is 0 Å². The fourth-order valence-corrected chi connectivity index (χ4v) is 3.09. The Kier molecular flexibility index (Phi) is 4.61. The molecule has 2 nitrogen and oxygen atoms in total. The van der Waals surface area contributed by atoms with Crippen molar-refractivity contribution in [2.45, 2.75) is 52.6 Å². The Morgan fingerprint density at radius 2 is 1.95 bits per heavy atom. The summed E-state index contributed by atoms with van der Waals surface area (Å²) in [5, 5.41) is 4.80. The maximum absolute atomic E-state index is 4.53. The number of aryl methyl sites for hydroxylation is 1. The molecule has 1 atom stereocenters. The Bertz CT molecular complexity index is 566. The van der Waals surface area contributed by atoms with Crippen molar-refractivity contribution in [3.63, 3.8) is 0 Å². The van der Waals surface area contributed by atoms with E-state index in [4.69, 9.17) is 0 Å². The highest BCUT2D eigenvalue weighted by atomic mass is 32.1. The summed E-state index contributed by atoms with van der Waals surface area (Å²) >= 11 is 1.81. The number of thiazole rings is 1. The van der Waals surface area contributed by atoms with E-state index in [0.717, 1.165) is 6.54 Å². The lowest BCUT2D eigenvalue weighted by Gasteiger charge is -2.16. The minimum absolute atomic E-state index is 0.143. The van der Waals surface area contributed by atoms with E-state index in [9.17, 15) is 0 Å². The van der Waals surface area contributed by atoms with Crippen LogP contribution in [0, 0.1) is 6.92 Å². The molecular formula is C17H24N2S. The maximum Gasteiger partial charge on any atom is 0.0981 e. The summed E-state index contributed by atoms with van der Waals surface area (Å²) in [7, 11) is 0. The third-order valence-electron chi connectivity index (χ3n) is 3.43. The highest BCUT2D eigenvalue weighted by Crippen LogP contribution is 2.27. The van der Waals surface area contributed by atoms with Crippen LogP contribution >= 0.6 is 11.3 Å². The van der Waals surface area contributed by atoms with Crippen molar-refractivity contribution in [1.82, 2.24) is 10.3 Å². The summed E-state index contributed by atoms with van der Waals surface area (Å²) < 4.78 is 0.